The second-order valence-electron chi connectivity index (χ2n) is 10.1. The first-order valence-corrected chi connectivity index (χ1v) is 15.3. The third-order valence-corrected chi connectivity index (χ3v) is 9.11. The first-order chi connectivity index (χ1) is 18.3. The Morgan fingerprint density at radius 1 is 1.03 bits per heavy atom. The molecule has 1 saturated carbocycles. The molecule has 0 bridgehead atoms. The predicted molar refractivity (Wildman–Crippen MR) is 151 cm³/mol. The van der Waals surface area contributed by atoms with Crippen LogP contribution in [0.2, 0.25) is 0 Å². The van der Waals surface area contributed by atoms with Gasteiger partial charge in [-0.15, -0.1) is 0 Å². The first kappa shape index (κ1) is 28.3. The standard InChI is InChI=1S/C27H41N7O3S/c1-4-6-7-8-9-18-33(3)38(36,37)23-16-12-20(13-17-23)29-25-24-26(34(5-2)19-28-24)32-27(31-25)30-21-10-14-22(35)15-11-21/h12-13,16-17,19,21-22,35H,4-11,14-15,18H2,1-3H3,(H2,29,30,31,32). The third kappa shape index (κ3) is 6.81. The summed E-state index contributed by atoms with van der Waals surface area (Å²) >= 11 is 0. The van der Waals surface area contributed by atoms with Gasteiger partial charge in [0.1, 0.15) is 0 Å². The Balaban J connectivity index is 1.49. The zero-order valence-electron chi connectivity index (χ0n) is 22.7. The highest BCUT2D eigenvalue weighted by Gasteiger charge is 2.22. The molecule has 0 aliphatic heterocycles. The molecule has 0 unspecified atom stereocenters. The van der Waals surface area contributed by atoms with Crippen LogP contribution < -0.4 is 10.6 Å². The molecule has 1 aliphatic carbocycles. The number of anilines is 3. The van der Waals surface area contributed by atoms with Crippen LogP contribution in [0.15, 0.2) is 35.5 Å². The number of aryl methyl sites for hydroxylation is 1. The van der Waals surface area contributed by atoms with Gasteiger partial charge < -0.3 is 20.3 Å². The van der Waals surface area contributed by atoms with Crippen LogP contribution in [0.4, 0.5) is 17.5 Å². The summed E-state index contributed by atoms with van der Waals surface area (Å²) in [4.78, 5) is 14.2. The van der Waals surface area contributed by atoms with Crippen LogP contribution >= 0.6 is 0 Å². The second-order valence-corrected chi connectivity index (χ2v) is 12.2. The molecule has 0 saturated heterocycles. The highest BCUT2D eigenvalue weighted by molar-refractivity contribution is 7.89. The molecule has 2 aromatic heterocycles. The molecule has 38 heavy (non-hydrogen) atoms. The summed E-state index contributed by atoms with van der Waals surface area (Å²) in [5.74, 6) is 1.07. The van der Waals surface area contributed by atoms with Crippen molar-refractivity contribution in [2.24, 2.45) is 0 Å². The summed E-state index contributed by atoms with van der Waals surface area (Å²) < 4.78 is 29.5. The summed E-state index contributed by atoms with van der Waals surface area (Å²) in [5, 5.41) is 16.6. The van der Waals surface area contributed by atoms with Crippen LogP contribution in [0.25, 0.3) is 11.2 Å². The number of sulfonamides is 1. The van der Waals surface area contributed by atoms with Crippen molar-refractivity contribution >= 4 is 38.6 Å². The zero-order chi connectivity index (χ0) is 27.1. The molecule has 0 radical (unpaired) electrons. The number of aliphatic hydroxyl groups is 1. The molecule has 1 aromatic carbocycles. The van der Waals surface area contributed by atoms with E-state index in [4.69, 9.17) is 9.97 Å². The van der Waals surface area contributed by atoms with Crippen LogP contribution in [0.1, 0.15) is 71.6 Å². The maximum atomic E-state index is 13.0. The maximum absolute atomic E-state index is 13.0. The number of imidazole rings is 1. The van der Waals surface area contributed by atoms with E-state index in [-0.39, 0.29) is 17.0 Å². The smallest absolute Gasteiger partial charge is 0.242 e. The SMILES string of the molecule is CCCCCCCN(C)S(=O)(=O)c1ccc(Nc2nc(NC3CCC(O)CC3)nc3c2ncn3CC)cc1. The molecule has 0 atom stereocenters. The summed E-state index contributed by atoms with van der Waals surface area (Å²) in [7, 11) is -1.90. The van der Waals surface area contributed by atoms with Crippen LogP contribution in [0.5, 0.6) is 0 Å². The Labute approximate surface area is 225 Å². The third-order valence-electron chi connectivity index (χ3n) is 7.24. The molecule has 3 aromatic rings. The molecule has 3 N–H and O–H groups in total. The number of rotatable bonds is 13. The van der Waals surface area contributed by atoms with Gasteiger partial charge in [0.15, 0.2) is 17.0 Å². The molecular formula is C27H41N7O3S. The van der Waals surface area contributed by atoms with E-state index < -0.39 is 10.0 Å². The quantitative estimate of drug-likeness (QED) is 0.260. The number of aliphatic hydroxyl groups excluding tert-OH is 1. The monoisotopic (exact) mass is 543 g/mol. The number of hydrogen-bond acceptors (Lipinski definition) is 8. The topological polar surface area (TPSA) is 125 Å². The predicted octanol–water partition coefficient (Wildman–Crippen LogP) is 4.90. The van der Waals surface area contributed by atoms with E-state index >= 15 is 0 Å². The van der Waals surface area contributed by atoms with Crippen LogP contribution in [0.3, 0.4) is 0 Å². The van der Waals surface area contributed by atoms with E-state index in [0.717, 1.165) is 57.1 Å². The van der Waals surface area contributed by atoms with Gasteiger partial charge in [0, 0.05) is 31.9 Å². The molecule has 1 aliphatic rings. The lowest BCUT2D eigenvalue weighted by Crippen LogP contribution is -2.29. The average molecular weight is 544 g/mol. The lowest BCUT2D eigenvalue weighted by molar-refractivity contribution is 0.126. The van der Waals surface area contributed by atoms with Crippen molar-refractivity contribution in [3.63, 3.8) is 0 Å². The zero-order valence-corrected chi connectivity index (χ0v) is 23.5. The van der Waals surface area contributed by atoms with E-state index in [1.807, 2.05) is 11.5 Å². The van der Waals surface area contributed by atoms with Crippen LogP contribution in [0, 0.1) is 0 Å². The Kier molecular flexibility index (Phi) is 9.56. The number of aromatic nitrogens is 4. The highest BCUT2D eigenvalue weighted by Crippen LogP contribution is 2.27. The maximum Gasteiger partial charge on any atom is 0.242 e. The van der Waals surface area contributed by atoms with Gasteiger partial charge in [0.05, 0.1) is 17.3 Å². The summed E-state index contributed by atoms with van der Waals surface area (Å²) in [6.07, 6.45) is 10.2. The number of fused-ring (bicyclic) bond motifs is 1. The molecular weight excluding hydrogens is 502 g/mol. The summed E-state index contributed by atoms with van der Waals surface area (Å²) in [6.45, 7) is 5.44. The highest BCUT2D eigenvalue weighted by atomic mass is 32.2. The molecule has 1 fully saturated rings. The average Bonchev–Trinajstić information content (AvgIpc) is 3.33. The van der Waals surface area contributed by atoms with E-state index in [1.165, 1.54) is 17.1 Å². The molecule has 11 heteroatoms. The van der Waals surface area contributed by atoms with Gasteiger partial charge in [-0.1, -0.05) is 32.6 Å². The fourth-order valence-corrected chi connectivity index (χ4v) is 6.02. The summed E-state index contributed by atoms with van der Waals surface area (Å²) in [5.41, 5.74) is 2.09. The van der Waals surface area contributed by atoms with Crippen molar-refractivity contribution in [2.45, 2.75) is 95.2 Å². The Bertz CT molecular complexity index is 1290. The normalized spacial score (nSPS) is 18.2. The van der Waals surface area contributed by atoms with E-state index in [2.05, 4.69) is 22.5 Å². The van der Waals surface area contributed by atoms with Gasteiger partial charge in [0.25, 0.3) is 0 Å². The van der Waals surface area contributed by atoms with Gasteiger partial charge in [-0.25, -0.2) is 17.7 Å². The molecule has 208 valence electrons. The van der Waals surface area contributed by atoms with Gasteiger partial charge in [0.2, 0.25) is 16.0 Å². The van der Waals surface area contributed by atoms with Gasteiger partial charge in [-0.3, -0.25) is 0 Å². The number of nitrogens with zero attached hydrogens (tertiary/aromatic N) is 5. The van der Waals surface area contributed by atoms with Gasteiger partial charge in [-0.2, -0.15) is 9.97 Å². The van der Waals surface area contributed by atoms with Gasteiger partial charge in [-0.05, 0) is 63.3 Å². The summed E-state index contributed by atoms with van der Waals surface area (Å²) in [6, 6.07) is 6.96. The van der Waals surface area contributed by atoms with Crippen molar-refractivity contribution in [1.82, 2.24) is 23.8 Å². The van der Waals surface area contributed by atoms with Crippen molar-refractivity contribution < 1.29 is 13.5 Å². The minimum Gasteiger partial charge on any atom is -0.393 e. The van der Waals surface area contributed by atoms with Crippen molar-refractivity contribution in [2.75, 3.05) is 24.2 Å². The van der Waals surface area contributed by atoms with E-state index in [0.29, 0.717) is 29.5 Å². The van der Waals surface area contributed by atoms with Crippen molar-refractivity contribution in [3.8, 4) is 0 Å². The molecule has 4 rings (SSSR count). The number of unbranched alkanes of at least 4 members (excludes halogenated alkanes) is 4. The molecule has 2 heterocycles. The number of hydrogen-bond donors (Lipinski definition) is 3. The molecule has 0 amide bonds. The Morgan fingerprint density at radius 3 is 2.42 bits per heavy atom. The fourth-order valence-electron chi connectivity index (χ4n) is 4.82. The minimum atomic E-state index is -3.55. The minimum absolute atomic E-state index is 0.204. The lowest BCUT2D eigenvalue weighted by atomic mass is 9.93. The lowest BCUT2D eigenvalue weighted by Gasteiger charge is -2.26. The van der Waals surface area contributed by atoms with Crippen LogP contribution in [-0.4, -0.2) is 63.1 Å². The molecule has 0 spiro atoms. The van der Waals surface area contributed by atoms with E-state index in [1.54, 1.807) is 37.6 Å². The fraction of sp³-hybridized carbons (Fsp3) is 0.593. The second kappa shape index (κ2) is 12.9. The Morgan fingerprint density at radius 2 is 1.74 bits per heavy atom. The Hall–Kier alpha value is -2.76. The largest absolute Gasteiger partial charge is 0.393 e. The first-order valence-electron chi connectivity index (χ1n) is 13.8. The number of nitrogens with one attached hydrogen (secondary N) is 2. The van der Waals surface area contributed by atoms with Crippen molar-refractivity contribution in [3.05, 3.63) is 30.6 Å². The van der Waals surface area contributed by atoms with E-state index in [9.17, 15) is 13.5 Å². The number of benzene rings is 1. The van der Waals surface area contributed by atoms with Gasteiger partial charge >= 0.3 is 0 Å². The van der Waals surface area contributed by atoms with Crippen LogP contribution in [-0.2, 0) is 16.6 Å². The molecule has 10 nitrogen and oxygen atoms in total. The van der Waals surface area contributed by atoms with Crippen molar-refractivity contribution in [1.29, 1.82) is 0 Å².